The van der Waals surface area contributed by atoms with Crippen molar-refractivity contribution in [2.24, 2.45) is 17.4 Å². The van der Waals surface area contributed by atoms with Gasteiger partial charge in [0.05, 0.1) is 0 Å². The van der Waals surface area contributed by atoms with E-state index in [1.807, 2.05) is 13.8 Å². The van der Waals surface area contributed by atoms with E-state index in [0.717, 1.165) is 0 Å². The molecule has 0 heterocycles. The largest absolute Gasteiger partial charge is 0.326 e. The van der Waals surface area contributed by atoms with Crippen LogP contribution in [-0.2, 0) is 0 Å². The van der Waals surface area contributed by atoms with Gasteiger partial charge in [0.1, 0.15) is 0 Å². The molecule has 4 N–H and O–H groups in total. The molecule has 0 radical (unpaired) electrons. The van der Waals surface area contributed by atoms with Gasteiger partial charge in [-0.1, -0.05) is 19.3 Å². The standard InChI is InChI=1S/C10H22N2/c1-10(2,12)9(11)8-6-4-3-5-7-8/h8-9H,3-7,11-12H2,1-2H3. The molecule has 1 aliphatic carbocycles. The molecule has 0 aromatic heterocycles. The molecule has 1 unspecified atom stereocenters. The van der Waals surface area contributed by atoms with Gasteiger partial charge in [-0.05, 0) is 32.6 Å². The summed E-state index contributed by atoms with van der Waals surface area (Å²) >= 11 is 0. The van der Waals surface area contributed by atoms with Crippen LogP contribution in [0.25, 0.3) is 0 Å². The zero-order valence-electron chi connectivity index (χ0n) is 8.34. The van der Waals surface area contributed by atoms with Gasteiger partial charge in [0.25, 0.3) is 0 Å². The Morgan fingerprint density at radius 2 is 1.67 bits per heavy atom. The van der Waals surface area contributed by atoms with Crippen molar-refractivity contribution in [3.63, 3.8) is 0 Å². The molecule has 0 aromatic carbocycles. The van der Waals surface area contributed by atoms with E-state index < -0.39 is 0 Å². The average Bonchev–Trinajstić information content (AvgIpc) is 2.03. The fourth-order valence-corrected chi connectivity index (χ4v) is 2.10. The highest BCUT2D eigenvalue weighted by Crippen LogP contribution is 2.28. The molecule has 2 heteroatoms. The molecular formula is C10H22N2. The van der Waals surface area contributed by atoms with Crippen LogP contribution in [0, 0.1) is 5.92 Å². The van der Waals surface area contributed by atoms with Crippen LogP contribution < -0.4 is 11.5 Å². The number of nitrogens with two attached hydrogens (primary N) is 2. The zero-order valence-corrected chi connectivity index (χ0v) is 8.34. The molecule has 72 valence electrons. The first kappa shape index (κ1) is 10.0. The minimum atomic E-state index is -0.206. The highest BCUT2D eigenvalue weighted by Gasteiger charge is 2.29. The fourth-order valence-electron chi connectivity index (χ4n) is 2.10. The average molecular weight is 170 g/mol. The fraction of sp³-hybridized carbons (Fsp3) is 1.00. The van der Waals surface area contributed by atoms with Gasteiger partial charge >= 0.3 is 0 Å². The molecule has 0 spiro atoms. The van der Waals surface area contributed by atoms with Crippen molar-refractivity contribution >= 4 is 0 Å². The predicted octanol–water partition coefficient (Wildman–Crippen LogP) is 1.63. The summed E-state index contributed by atoms with van der Waals surface area (Å²) in [5.41, 5.74) is 11.9. The highest BCUT2D eigenvalue weighted by atomic mass is 14.8. The summed E-state index contributed by atoms with van der Waals surface area (Å²) in [6.45, 7) is 4.07. The molecule has 1 saturated carbocycles. The summed E-state index contributed by atoms with van der Waals surface area (Å²) in [6, 6.07) is 0.179. The maximum atomic E-state index is 6.10. The van der Waals surface area contributed by atoms with Crippen LogP contribution in [0.3, 0.4) is 0 Å². The van der Waals surface area contributed by atoms with Crippen molar-refractivity contribution in [1.29, 1.82) is 0 Å². The Balaban J connectivity index is 2.45. The summed E-state index contributed by atoms with van der Waals surface area (Å²) in [5, 5.41) is 0. The Labute approximate surface area is 75.7 Å². The van der Waals surface area contributed by atoms with E-state index >= 15 is 0 Å². The summed E-state index contributed by atoms with van der Waals surface area (Å²) in [4.78, 5) is 0. The zero-order chi connectivity index (χ0) is 9.19. The minimum Gasteiger partial charge on any atom is -0.326 e. The third-order valence-corrected chi connectivity index (χ3v) is 3.02. The smallest absolute Gasteiger partial charge is 0.0253 e. The number of hydrogen-bond acceptors (Lipinski definition) is 2. The summed E-state index contributed by atoms with van der Waals surface area (Å²) < 4.78 is 0. The Morgan fingerprint density at radius 1 is 1.17 bits per heavy atom. The number of rotatable bonds is 2. The Morgan fingerprint density at radius 3 is 2.08 bits per heavy atom. The van der Waals surface area contributed by atoms with Crippen LogP contribution in [0.15, 0.2) is 0 Å². The van der Waals surface area contributed by atoms with E-state index in [0.29, 0.717) is 5.92 Å². The van der Waals surface area contributed by atoms with Gasteiger partial charge in [0.2, 0.25) is 0 Å². The van der Waals surface area contributed by atoms with E-state index in [9.17, 15) is 0 Å². The van der Waals surface area contributed by atoms with Gasteiger partial charge in [-0.2, -0.15) is 0 Å². The lowest BCUT2D eigenvalue weighted by molar-refractivity contribution is 0.237. The Bertz CT molecular complexity index is 131. The highest BCUT2D eigenvalue weighted by molar-refractivity contribution is 4.91. The maximum Gasteiger partial charge on any atom is 0.0253 e. The molecule has 0 amide bonds. The molecule has 2 nitrogen and oxygen atoms in total. The van der Waals surface area contributed by atoms with E-state index in [1.165, 1.54) is 32.1 Å². The van der Waals surface area contributed by atoms with Gasteiger partial charge in [-0.3, -0.25) is 0 Å². The lowest BCUT2D eigenvalue weighted by Gasteiger charge is -2.36. The van der Waals surface area contributed by atoms with Crippen molar-refractivity contribution in [3.05, 3.63) is 0 Å². The molecule has 1 rings (SSSR count). The predicted molar refractivity (Wildman–Crippen MR) is 52.8 cm³/mol. The van der Waals surface area contributed by atoms with Crippen LogP contribution in [0.2, 0.25) is 0 Å². The first-order valence-corrected chi connectivity index (χ1v) is 5.06. The summed E-state index contributed by atoms with van der Waals surface area (Å²) in [6.07, 6.45) is 6.63. The lowest BCUT2D eigenvalue weighted by atomic mass is 9.77. The molecule has 0 saturated heterocycles. The van der Waals surface area contributed by atoms with Crippen LogP contribution in [0.4, 0.5) is 0 Å². The van der Waals surface area contributed by atoms with Crippen LogP contribution in [0.5, 0.6) is 0 Å². The van der Waals surface area contributed by atoms with E-state index in [4.69, 9.17) is 11.5 Å². The minimum absolute atomic E-state index is 0.179. The Kier molecular flexibility index (Phi) is 3.13. The quantitative estimate of drug-likeness (QED) is 0.662. The molecule has 1 aliphatic rings. The van der Waals surface area contributed by atoms with Gasteiger partial charge in [-0.15, -0.1) is 0 Å². The van der Waals surface area contributed by atoms with Gasteiger partial charge in [-0.25, -0.2) is 0 Å². The third-order valence-electron chi connectivity index (χ3n) is 3.02. The molecule has 12 heavy (non-hydrogen) atoms. The topological polar surface area (TPSA) is 52.0 Å². The van der Waals surface area contributed by atoms with E-state index in [-0.39, 0.29) is 11.6 Å². The Hall–Kier alpha value is -0.0800. The molecule has 0 aromatic rings. The molecule has 1 fully saturated rings. The van der Waals surface area contributed by atoms with Gasteiger partial charge in [0.15, 0.2) is 0 Å². The summed E-state index contributed by atoms with van der Waals surface area (Å²) in [5.74, 6) is 0.666. The van der Waals surface area contributed by atoms with Gasteiger partial charge < -0.3 is 11.5 Å². The second-order valence-corrected chi connectivity index (χ2v) is 4.75. The van der Waals surface area contributed by atoms with Crippen molar-refractivity contribution < 1.29 is 0 Å². The first-order chi connectivity index (χ1) is 5.52. The first-order valence-electron chi connectivity index (χ1n) is 5.06. The van der Waals surface area contributed by atoms with Gasteiger partial charge in [0, 0.05) is 11.6 Å². The van der Waals surface area contributed by atoms with Crippen molar-refractivity contribution in [3.8, 4) is 0 Å². The monoisotopic (exact) mass is 170 g/mol. The normalized spacial score (nSPS) is 24.0. The molecular weight excluding hydrogens is 148 g/mol. The summed E-state index contributed by atoms with van der Waals surface area (Å²) in [7, 11) is 0. The van der Waals surface area contributed by atoms with Crippen molar-refractivity contribution in [2.75, 3.05) is 0 Å². The maximum absolute atomic E-state index is 6.10. The van der Waals surface area contributed by atoms with Crippen molar-refractivity contribution in [1.82, 2.24) is 0 Å². The number of hydrogen-bond donors (Lipinski definition) is 2. The van der Waals surface area contributed by atoms with E-state index in [1.54, 1.807) is 0 Å². The third kappa shape index (κ3) is 2.46. The van der Waals surface area contributed by atoms with Crippen molar-refractivity contribution in [2.45, 2.75) is 57.5 Å². The van der Waals surface area contributed by atoms with E-state index in [2.05, 4.69) is 0 Å². The SMILES string of the molecule is CC(C)(N)C(N)C1CCCCC1. The molecule has 0 aliphatic heterocycles. The second-order valence-electron chi connectivity index (χ2n) is 4.75. The second kappa shape index (κ2) is 3.75. The van der Waals surface area contributed by atoms with Crippen LogP contribution in [-0.4, -0.2) is 11.6 Å². The molecule has 0 bridgehead atoms. The lowest BCUT2D eigenvalue weighted by Crippen LogP contribution is -2.54. The molecule has 1 atom stereocenters. The van der Waals surface area contributed by atoms with Crippen LogP contribution >= 0.6 is 0 Å². The van der Waals surface area contributed by atoms with Crippen LogP contribution in [0.1, 0.15) is 46.0 Å².